The Hall–Kier alpha value is -7.72. The highest BCUT2D eigenvalue weighted by atomic mass is 16.3. The number of aromatic amines is 2. The number of benzene rings is 6. The molecule has 0 saturated carbocycles. The maximum absolute atomic E-state index is 6.93. The molecule has 0 radical (unpaired) electrons. The Balaban J connectivity index is 1.34. The zero-order valence-electron chi connectivity index (χ0n) is 35.0. The van der Waals surface area contributed by atoms with E-state index in [1.807, 2.05) is 78.9 Å². The van der Waals surface area contributed by atoms with Gasteiger partial charge >= 0.3 is 0 Å². The summed E-state index contributed by atoms with van der Waals surface area (Å²) in [5.41, 5.74) is 10.0. The molecule has 3 aliphatic heterocycles. The van der Waals surface area contributed by atoms with Crippen LogP contribution >= 0.6 is 0 Å². The van der Waals surface area contributed by atoms with Gasteiger partial charge in [0, 0.05) is 43.4 Å². The summed E-state index contributed by atoms with van der Waals surface area (Å²) in [4.78, 5) is 39.0. The molecule has 3 aliphatic rings. The lowest BCUT2D eigenvalue weighted by Crippen LogP contribution is -2.10. The number of nitrogens with one attached hydrogen (secondary N) is 2. The fraction of sp³-hybridized carbons (Fsp3) is 0.154. The fourth-order valence-electron chi connectivity index (χ4n) is 8.72. The van der Waals surface area contributed by atoms with Crippen molar-refractivity contribution >= 4 is 88.3 Å². The number of hydrogen-bond acceptors (Lipinski definition) is 8. The smallest absolute Gasteiger partial charge is 0.168 e. The van der Waals surface area contributed by atoms with Crippen LogP contribution in [0.2, 0.25) is 0 Å². The highest BCUT2D eigenvalue weighted by Crippen LogP contribution is 2.40. The average Bonchev–Trinajstić information content (AvgIpc) is 3.99. The quantitative estimate of drug-likeness (QED) is 0.155. The topological polar surface area (TPSA) is 135 Å². The Kier molecular flexibility index (Phi) is 7.52. The molecule has 0 unspecified atom stereocenters. The molecule has 10 nitrogen and oxygen atoms in total. The van der Waals surface area contributed by atoms with Gasteiger partial charge in [-0.1, -0.05) is 126 Å². The second-order valence-electron chi connectivity index (χ2n) is 18.2. The number of nitrogens with zero attached hydrogens (tertiary/aromatic N) is 6. The van der Waals surface area contributed by atoms with E-state index in [2.05, 4.69) is 94.0 Å². The van der Waals surface area contributed by atoms with E-state index in [0.29, 0.717) is 68.0 Å². The molecule has 0 spiro atoms. The van der Waals surface area contributed by atoms with Gasteiger partial charge in [-0.05, 0) is 58.4 Å². The molecule has 2 N–H and O–H groups in total. The maximum Gasteiger partial charge on any atom is 0.168 e. The van der Waals surface area contributed by atoms with Gasteiger partial charge in [0.25, 0.3) is 0 Å². The SMILES string of the molecule is CC(C)(C)c1ccc2c(c1)-c1nc-2nc2[nH]c(nc3nc4nc5[nH]c(n1)c1cccc(oc6ccccc6c6ccccc6oc6cccc3c6-4)c51)c1ccc(C(C)(C)C)cc21. The molecule has 62 heavy (non-hydrogen) atoms. The minimum Gasteiger partial charge on any atom is -0.456 e. The highest BCUT2D eigenvalue weighted by molar-refractivity contribution is 6.13. The first-order valence-corrected chi connectivity index (χ1v) is 20.9. The average molecular weight is 809 g/mol. The largest absolute Gasteiger partial charge is 0.456 e. The van der Waals surface area contributed by atoms with E-state index in [4.69, 9.17) is 38.7 Å². The van der Waals surface area contributed by atoms with Crippen LogP contribution in [-0.2, 0) is 10.8 Å². The van der Waals surface area contributed by atoms with Crippen LogP contribution < -0.4 is 0 Å². The maximum atomic E-state index is 6.93. The van der Waals surface area contributed by atoms with E-state index in [-0.39, 0.29) is 10.8 Å². The Morgan fingerprint density at radius 2 is 0.935 bits per heavy atom. The van der Waals surface area contributed by atoms with Gasteiger partial charge in [0.15, 0.2) is 23.1 Å². The van der Waals surface area contributed by atoms with Gasteiger partial charge in [0.05, 0.1) is 10.9 Å². The number of rotatable bonds is 0. The number of aromatic nitrogens is 8. The van der Waals surface area contributed by atoms with Crippen LogP contribution in [0.5, 0.6) is 0 Å². The van der Waals surface area contributed by atoms with Crippen molar-refractivity contribution in [2.75, 3.05) is 0 Å². The molecule has 300 valence electrons. The van der Waals surface area contributed by atoms with Crippen LogP contribution in [-0.4, -0.2) is 39.9 Å². The van der Waals surface area contributed by atoms with Crippen LogP contribution in [0.3, 0.4) is 0 Å². The van der Waals surface area contributed by atoms with Gasteiger partial charge in [0.2, 0.25) is 0 Å². The first kappa shape index (κ1) is 36.2. The number of hydrogen-bond donors (Lipinski definition) is 2. The highest BCUT2D eigenvalue weighted by Gasteiger charge is 2.25. The van der Waals surface area contributed by atoms with Crippen LogP contribution in [0.15, 0.2) is 130 Å². The van der Waals surface area contributed by atoms with Crippen molar-refractivity contribution in [1.29, 1.82) is 0 Å². The summed E-state index contributed by atoms with van der Waals surface area (Å²) in [6, 6.07) is 40.9. The third kappa shape index (κ3) is 5.63. The van der Waals surface area contributed by atoms with Crippen LogP contribution in [0, 0.1) is 0 Å². The predicted molar refractivity (Wildman–Crippen MR) is 249 cm³/mol. The van der Waals surface area contributed by atoms with Gasteiger partial charge in [-0.2, -0.15) is 0 Å². The van der Waals surface area contributed by atoms with E-state index < -0.39 is 0 Å². The van der Waals surface area contributed by atoms with Crippen LogP contribution in [0.1, 0.15) is 52.7 Å². The Morgan fingerprint density at radius 1 is 0.387 bits per heavy atom. The summed E-state index contributed by atoms with van der Waals surface area (Å²) in [5.74, 6) is 1.53. The van der Waals surface area contributed by atoms with Gasteiger partial charge in [-0.25, -0.2) is 29.9 Å². The van der Waals surface area contributed by atoms with E-state index in [9.17, 15) is 0 Å². The van der Waals surface area contributed by atoms with Gasteiger partial charge in [-0.3, -0.25) is 0 Å². The van der Waals surface area contributed by atoms with Crippen molar-refractivity contribution in [2.24, 2.45) is 0 Å². The minimum absolute atomic E-state index is 0.101. The Bertz CT molecular complexity index is 3850. The zero-order valence-corrected chi connectivity index (χ0v) is 35.0. The predicted octanol–water partition coefficient (Wildman–Crippen LogP) is 13.3. The number of fused-ring (bicyclic) bond motifs is 17. The normalized spacial score (nSPS) is 12.7. The minimum atomic E-state index is -0.113. The van der Waals surface area contributed by atoms with Gasteiger partial charge in [0.1, 0.15) is 44.9 Å². The Morgan fingerprint density at radius 3 is 1.68 bits per heavy atom. The molecule has 3 aromatic heterocycles. The molecule has 12 rings (SSSR count). The molecule has 8 bridgehead atoms. The number of para-hydroxylation sites is 2. The first-order chi connectivity index (χ1) is 29.9. The number of H-pyrrole nitrogens is 2. The Labute approximate surface area is 354 Å². The third-order valence-electron chi connectivity index (χ3n) is 12.0. The molecule has 0 amide bonds. The molecule has 0 saturated heterocycles. The molecule has 6 heterocycles. The van der Waals surface area contributed by atoms with Crippen LogP contribution in [0.4, 0.5) is 0 Å². The van der Waals surface area contributed by atoms with Crippen molar-refractivity contribution in [3.05, 3.63) is 132 Å². The molecular weight excluding hydrogens is 769 g/mol. The van der Waals surface area contributed by atoms with Gasteiger partial charge < -0.3 is 18.8 Å². The molecule has 0 atom stereocenters. The summed E-state index contributed by atoms with van der Waals surface area (Å²) in [6.07, 6.45) is 0. The summed E-state index contributed by atoms with van der Waals surface area (Å²) >= 11 is 0. The summed E-state index contributed by atoms with van der Waals surface area (Å²) in [6.45, 7) is 13.3. The van der Waals surface area contributed by atoms with E-state index in [0.717, 1.165) is 54.4 Å². The lowest BCUT2D eigenvalue weighted by molar-refractivity contribution is 0.590. The second kappa shape index (κ2) is 12.9. The summed E-state index contributed by atoms with van der Waals surface area (Å²) in [7, 11) is 0. The lowest BCUT2D eigenvalue weighted by Gasteiger charge is -2.19. The molecule has 9 aromatic rings. The summed E-state index contributed by atoms with van der Waals surface area (Å²) < 4.78 is 13.8. The van der Waals surface area contributed by atoms with Crippen molar-refractivity contribution in [3.8, 4) is 34.2 Å². The van der Waals surface area contributed by atoms with Crippen molar-refractivity contribution in [2.45, 2.75) is 52.4 Å². The molecule has 10 heteroatoms. The van der Waals surface area contributed by atoms with Crippen molar-refractivity contribution in [3.63, 3.8) is 0 Å². The molecule has 0 aliphatic carbocycles. The fourth-order valence-corrected chi connectivity index (χ4v) is 8.72. The first-order valence-electron chi connectivity index (χ1n) is 20.9. The zero-order chi connectivity index (χ0) is 42.1. The van der Waals surface area contributed by atoms with E-state index in [1.165, 1.54) is 11.1 Å². The molecule has 6 aromatic carbocycles. The van der Waals surface area contributed by atoms with Crippen molar-refractivity contribution < 1.29 is 8.83 Å². The van der Waals surface area contributed by atoms with Gasteiger partial charge in [-0.15, -0.1) is 0 Å². The summed E-state index contributed by atoms with van der Waals surface area (Å²) in [5, 5.41) is 5.94. The van der Waals surface area contributed by atoms with E-state index in [1.54, 1.807) is 0 Å². The monoisotopic (exact) mass is 808 g/mol. The van der Waals surface area contributed by atoms with E-state index >= 15 is 0 Å². The lowest BCUT2D eigenvalue weighted by atomic mass is 9.85. The standard InChI is InChI=1S/C52H40N8O2/c1-51(2,3)27-21-23-31-35(25-27)47-54-43(31)53-45-33-15-11-19-39-41(33)49(58-45)60-50-42-34(46(59-50)57-48-36-26-28(52(4,5)6)22-24-32(36)44(55-47)56-48)16-12-20-40(42)62-38-18-10-8-14-30(38)29-13-7-9-17-37(29)61-39/h7-26H,1-6H3,(H2,53,54,55,56,57,58,59,60). The second-order valence-corrected chi connectivity index (χ2v) is 18.2. The third-order valence-corrected chi connectivity index (χ3v) is 12.0. The molecule has 0 fully saturated rings. The molecular formula is C52H40N8O2. The van der Waals surface area contributed by atoms with Crippen molar-refractivity contribution in [1.82, 2.24) is 39.9 Å². The van der Waals surface area contributed by atoms with Crippen LogP contribution in [0.25, 0.3) is 122 Å².